The molecule has 1 fully saturated rings. The van der Waals surface area contributed by atoms with Crippen molar-refractivity contribution in [3.63, 3.8) is 0 Å². The van der Waals surface area contributed by atoms with Gasteiger partial charge in [0.25, 0.3) is 5.91 Å². The molecule has 4 nitrogen and oxygen atoms in total. The molecule has 0 bridgehead atoms. The average Bonchev–Trinajstić information content (AvgIpc) is 2.64. The number of furan rings is 1. The van der Waals surface area contributed by atoms with Crippen LogP contribution in [0.15, 0.2) is 16.7 Å². The van der Waals surface area contributed by atoms with E-state index in [2.05, 4.69) is 0 Å². The summed E-state index contributed by atoms with van der Waals surface area (Å²) in [5.74, 6) is 0.733. The number of nitrogens with zero attached hydrogens (tertiary/aromatic N) is 1. The van der Waals surface area contributed by atoms with Gasteiger partial charge in [-0.1, -0.05) is 0 Å². The molecular weight excluding hydrogens is 194 g/mol. The first-order chi connectivity index (χ1) is 7.16. The van der Waals surface area contributed by atoms with Crippen LogP contribution in [-0.2, 0) is 4.79 Å². The number of aryl methyl sites for hydroxylation is 1. The Bertz CT molecular complexity index is 394. The summed E-state index contributed by atoms with van der Waals surface area (Å²) in [6, 6.07) is 1.70. The smallest absolute Gasteiger partial charge is 0.257 e. The van der Waals surface area contributed by atoms with Gasteiger partial charge in [0, 0.05) is 13.0 Å². The van der Waals surface area contributed by atoms with E-state index in [0.717, 1.165) is 6.42 Å². The molecule has 0 spiro atoms. The minimum absolute atomic E-state index is 0.111. The van der Waals surface area contributed by atoms with E-state index in [1.807, 2.05) is 0 Å². The maximum Gasteiger partial charge on any atom is 0.257 e. The minimum atomic E-state index is -0.111. The van der Waals surface area contributed by atoms with E-state index in [4.69, 9.17) is 4.42 Å². The van der Waals surface area contributed by atoms with Gasteiger partial charge in [0.05, 0.1) is 12.1 Å². The molecule has 0 aromatic carbocycles. The van der Waals surface area contributed by atoms with Gasteiger partial charge in [-0.15, -0.1) is 0 Å². The second-order valence-corrected chi connectivity index (χ2v) is 3.81. The quantitative estimate of drug-likeness (QED) is 0.699. The van der Waals surface area contributed by atoms with Gasteiger partial charge in [-0.05, 0) is 19.4 Å². The fourth-order valence-electron chi connectivity index (χ4n) is 1.75. The van der Waals surface area contributed by atoms with Crippen LogP contribution in [0.2, 0.25) is 0 Å². The standard InChI is InChI=1S/C11H13NO3/c1-8-5-9(7-15-8)11(14)12-4-2-3-10(13)6-12/h5,7H,2-4,6H2,1H3. The highest BCUT2D eigenvalue weighted by atomic mass is 16.3. The van der Waals surface area contributed by atoms with Gasteiger partial charge in [0.1, 0.15) is 12.0 Å². The number of carbonyl (C=O) groups is 2. The van der Waals surface area contributed by atoms with Crippen molar-refractivity contribution in [2.24, 2.45) is 0 Å². The van der Waals surface area contributed by atoms with Crippen LogP contribution in [0.25, 0.3) is 0 Å². The highest BCUT2D eigenvalue weighted by Gasteiger charge is 2.23. The number of likely N-dealkylation sites (tertiary alicyclic amines) is 1. The second-order valence-electron chi connectivity index (χ2n) is 3.81. The van der Waals surface area contributed by atoms with Gasteiger partial charge in [-0.2, -0.15) is 0 Å². The van der Waals surface area contributed by atoms with E-state index in [-0.39, 0.29) is 18.2 Å². The summed E-state index contributed by atoms with van der Waals surface area (Å²) >= 11 is 0. The number of amides is 1. The summed E-state index contributed by atoms with van der Waals surface area (Å²) in [5.41, 5.74) is 0.530. The fourth-order valence-corrected chi connectivity index (χ4v) is 1.75. The third-order valence-electron chi connectivity index (χ3n) is 2.52. The van der Waals surface area contributed by atoms with Crippen LogP contribution in [0.3, 0.4) is 0 Å². The molecule has 0 saturated carbocycles. The summed E-state index contributed by atoms with van der Waals surface area (Å²) in [5, 5.41) is 0. The van der Waals surface area contributed by atoms with Gasteiger partial charge < -0.3 is 9.32 Å². The Morgan fingerprint density at radius 2 is 2.33 bits per heavy atom. The van der Waals surface area contributed by atoms with Crippen LogP contribution < -0.4 is 0 Å². The lowest BCUT2D eigenvalue weighted by molar-refractivity contribution is -0.121. The molecule has 0 radical (unpaired) electrons. The van der Waals surface area contributed by atoms with Crippen molar-refractivity contribution < 1.29 is 14.0 Å². The van der Waals surface area contributed by atoms with E-state index in [1.54, 1.807) is 17.9 Å². The van der Waals surface area contributed by atoms with Gasteiger partial charge in [-0.25, -0.2) is 0 Å². The van der Waals surface area contributed by atoms with E-state index < -0.39 is 0 Å². The molecule has 1 aromatic rings. The molecule has 1 saturated heterocycles. The summed E-state index contributed by atoms with van der Waals surface area (Å²) < 4.78 is 5.07. The van der Waals surface area contributed by atoms with Gasteiger partial charge in [-0.3, -0.25) is 9.59 Å². The van der Waals surface area contributed by atoms with E-state index >= 15 is 0 Å². The summed E-state index contributed by atoms with van der Waals surface area (Å²) in [6.45, 7) is 2.69. The Hall–Kier alpha value is -1.58. The number of hydrogen-bond acceptors (Lipinski definition) is 3. The number of rotatable bonds is 1. The molecular formula is C11H13NO3. The number of Topliss-reactive ketones (excluding diaryl/α,β-unsaturated/α-hetero) is 1. The van der Waals surface area contributed by atoms with Crippen LogP contribution in [0.4, 0.5) is 0 Å². The third kappa shape index (κ3) is 2.09. The lowest BCUT2D eigenvalue weighted by Crippen LogP contribution is -2.39. The Kier molecular flexibility index (Phi) is 2.58. The Balaban J connectivity index is 2.10. The van der Waals surface area contributed by atoms with Crippen molar-refractivity contribution in [3.05, 3.63) is 23.7 Å². The van der Waals surface area contributed by atoms with Crippen molar-refractivity contribution in [2.45, 2.75) is 19.8 Å². The molecule has 2 heterocycles. The first-order valence-corrected chi connectivity index (χ1v) is 5.03. The molecule has 80 valence electrons. The molecule has 2 rings (SSSR count). The average molecular weight is 207 g/mol. The monoisotopic (exact) mass is 207 g/mol. The zero-order valence-electron chi connectivity index (χ0n) is 8.66. The first kappa shape index (κ1) is 9.96. The minimum Gasteiger partial charge on any atom is -0.469 e. The maximum atomic E-state index is 11.9. The zero-order chi connectivity index (χ0) is 10.8. The highest BCUT2D eigenvalue weighted by Crippen LogP contribution is 2.13. The largest absolute Gasteiger partial charge is 0.469 e. The Morgan fingerprint density at radius 3 is 2.93 bits per heavy atom. The maximum absolute atomic E-state index is 11.9. The number of carbonyl (C=O) groups excluding carboxylic acids is 2. The molecule has 1 aliphatic rings. The third-order valence-corrected chi connectivity index (χ3v) is 2.52. The number of hydrogen-bond donors (Lipinski definition) is 0. The molecule has 0 unspecified atom stereocenters. The van der Waals surface area contributed by atoms with Crippen LogP contribution in [0.5, 0.6) is 0 Å². The van der Waals surface area contributed by atoms with Crippen LogP contribution in [0.1, 0.15) is 29.0 Å². The fraction of sp³-hybridized carbons (Fsp3) is 0.455. The van der Waals surface area contributed by atoms with Gasteiger partial charge in [0.2, 0.25) is 0 Å². The molecule has 0 N–H and O–H groups in total. The lowest BCUT2D eigenvalue weighted by atomic mass is 10.1. The zero-order valence-corrected chi connectivity index (χ0v) is 8.66. The van der Waals surface area contributed by atoms with Crippen molar-refractivity contribution in [1.29, 1.82) is 0 Å². The molecule has 0 atom stereocenters. The molecule has 0 aliphatic carbocycles. The Labute approximate surface area is 87.9 Å². The van der Waals surface area contributed by atoms with Crippen molar-refractivity contribution in [3.8, 4) is 0 Å². The predicted octanol–water partition coefficient (Wildman–Crippen LogP) is 1.39. The van der Waals surface area contributed by atoms with Gasteiger partial charge in [0.15, 0.2) is 5.78 Å². The number of piperidine rings is 1. The van der Waals surface area contributed by atoms with E-state index in [0.29, 0.717) is 24.3 Å². The summed E-state index contributed by atoms with van der Waals surface area (Å²) in [7, 11) is 0. The van der Waals surface area contributed by atoms with Crippen molar-refractivity contribution in [2.75, 3.05) is 13.1 Å². The van der Waals surface area contributed by atoms with Crippen LogP contribution in [0, 0.1) is 6.92 Å². The topological polar surface area (TPSA) is 50.5 Å². The molecule has 1 aromatic heterocycles. The van der Waals surface area contributed by atoms with Crippen molar-refractivity contribution >= 4 is 11.7 Å². The normalized spacial score (nSPS) is 16.9. The summed E-state index contributed by atoms with van der Waals surface area (Å²) in [4.78, 5) is 24.6. The van der Waals surface area contributed by atoms with Crippen LogP contribution >= 0.6 is 0 Å². The second kappa shape index (κ2) is 3.88. The summed E-state index contributed by atoms with van der Waals surface area (Å²) in [6.07, 6.45) is 2.80. The SMILES string of the molecule is Cc1cc(C(=O)N2CCCC(=O)C2)co1. The van der Waals surface area contributed by atoms with E-state index in [1.165, 1.54) is 6.26 Å². The van der Waals surface area contributed by atoms with Gasteiger partial charge >= 0.3 is 0 Å². The lowest BCUT2D eigenvalue weighted by Gasteiger charge is -2.25. The predicted molar refractivity (Wildman–Crippen MR) is 53.6 cm³/mol. The Morgan fingerprint density at radius 1 is 1.53 bits per heavy atom. The molecule has 4 heteroatoms. The number of ketones is 1. The first-order valence-electron chi connectivity index (χ1n) is 5.03. The highest BCUT2D eigenvalue weighted by molar-refractivity contribution is 5.97. The van der Waals surface area contributed by atoms with E-state index in [9.17, 15) is 9.59 Å². The molecule has 1 amide bonds. The molecule has 1 aliphatic heterocycles. The molecule has 15 heavy (non-hydrogen) atoms. The van der Waals surface area contributed by atoms with Crippen molar-refractivity contribution in [1.82, 2.24) is 4.90 Å². The van der Waals surface area contributed by atoms with Crippen LogP contribution in [-0.4, -0.2) is 29.7 Å².